The molecule has 1 aromatic carbocycles. The third kappa shape index (κ3) is 1.54. The summed E-state index contributed by atoms with van der Waals surface area (Å²) in [6.45, 7) is 0. The zero-order valence-corrected chi connectivity index (χ0v) is 8.21. The van der Waals surface area contributed by atoms with E-state index in [1.54, 1.807) is 0 Å². The number of phenols is 1. The van der Waals surface area contributed by atoms with Gasteiger partial charge in [0.25, 0.3) is 0 Å². The van der Waals surface area contributed by atoms with Gasteiger partial charge in [-0.15, -0.1) is 0 Å². The fourth-order valence-corrected chi connectivity index (χ4v) is 1.23. The molecule has 1 nitrogen and oxygen atoms in total. The summed E-state index contributed by atoms with van der Waals surface area (Å²) in [7, 11) is 0. The van der Waals surface area contributed by atoms with Crippen LogP contribution < -0.4 is 0 Å². The molecule has 0 aliphatic carbocycles. The van der Waals surface area contributed by atoms with Gasteiger partial charge in [0.1, 0.15) is 5.82 Å². The van der Waals surface area contributed by atoms with Crippen molar-refractivity contribution in [2.75, 3.05) is 0 Å². The Labute approximate surface area is 78.3 Å². The highest BCUT2D eigenvalue weighted by molar-refractivity contribution is 9.11. The summed E-state index contributed by atoms with van der Waals surface area (Å²) in [5, 5.41) is 8.89. The molecule has 5 heteroatoms. The predicted molar refractivity (Wildman–Crippen MR) is 43.4 cm³/mol. The van der Waals surface area contributed by atoms with Crippen molar-refractivity contribution in [2.45, 2.75) is 0 Å². The summed E-state index contributed by atoms with van der Waals surface area (Å²) in [6.07, 6.45) is 0. The third-order valence-electron chi connectivity index (χ3n) is 1.09. The molecule has 0 unspecified atom stereocenters. The minimum absolute atomic E-state index is 0.00398. The summed E-state index contributed by atoms with van der Waals surface area (Å²) in [4.78, 5) is 0. The molecule has 60 valence electrons. The molecule has 0 spiro atoms. The van der Waals surface area contributed by atoms with Gasteiger partial charge in [-0.25, -0.2) is 8.78 Å². The van der Waals surface area contributed by atoms with Crippen LogP contribution in [0.25, 0.3) is 0 Å². The Bertz CT molecular complexity index is 275. The quantitative estimate of drug-likeness (QED) is 0.574. The molecule has 0 radical (unpaired) electrons. The molecule has 0 aromatic heterocycles. The van der Waals surface area contributed by atoms with Crippen molar-refractivity contribution in [1.82, 2.24) is 0 Å². The lowest BCUT2D eigenvalue weighted by molar-refractivity contribution is 0.421. The van der Waals surface area contributed by atoms with Gasteiger partial charge in [-0.1, -0.05) is 0 Å². The summed E-state index contributed by atoms with van der Waals surface area (Å²) in [5.74, 6) is -2.36. The Morgan fingerprint density at radius 1 is 1.27 bits per heavy atom. The zero-order valence-electron chi connectivity index (χ0n) is 5.04. The molecular weight excluding hydrogens is 286 g/mol. The fraction of sp³-hybridized carbons (Fsp3) is 0. The molecule has 0 atom stereocenters. The van der Waals surface area contributed by atoms with Crippen molar-refractivity contribution < 1.29 is 13.9 Å². The largest absolute Gasteiger partial charge is 0.504 e. The number of benzene rings is 1. The zero-order chi connectivity index (χ0) is 8.59. The van der Waals surface area contributed by atoms with Crippen LogP contribution in [0.2, 0.25) is 0 Å². The van der Waals surface area contributed by atoms with Crippen LogP contribution in [0, 0.1) is 11.6 Å². The van der Waals surface area contributed by atoms with Gasteiger partial charge in [0.15, 0.2) is 11.6 Å². The molecule has 0 saturated carbocycles. The third-order valence-corrected chi connectivity index (χ3v) is 2.42. The lowest BCUT2D eigenvalue weighted by atomic mass is 10.3. The number of halogens is 4. The maximum absolute atomic E-state index is 12.7. The average Bonchev–Trinajstić information content (AvgIpc) is 1.97. The van der Waals surface area contributed by atoms with Crippen molar-refractivity contribution in [3.63, 3.8) is 0 Å². The van der Waals surface area contributed by atoms with Crippen LogP contribution in [0.4, 0.5) is 8.78 Å². The van der Waals surface area contributed by atoms with Gasteiger partial charge in [0, 0.05) is 0 Å². The highest BCUT2D eigenvalue weighted by Crippen LogP contribution is 2.33. The topological polar surface area (TPSA) is 20.2 Å². The molecule has 0 fully saturated rings. The van der Waals surface area contributed by atoms with E-state index in [0.717, 1.165) is 6.07 Å². The van der Waals surface area contributed by atoms with Crippen LogP contribution >= 0.6 is 31.9 Å². The van der Waals surface area contributed by atoms with Gasteiger partial charge in [-0.2, -0.15) is 0 Å². The molecule has 0 saturated heterocycles. The van der Waals surface area contributed by atoms with E-state index in [-0.39, 0.29) is 8.95 Å². The SMILES string of the molecule is Oc1c(Br)cc(F)c(Br)c1F. The molecule has 1 N–H and O–H groups in total. The van der Waals surface area contributed by atoms with Crippen LogP contribution in [-0.2, 0) is 0 Å². The highest BCUT2D eigenvalue weighted by Gasteiger charge is 2.13. The fourth-order valence-electron chi connectivity index (χ4n) is 0.557. The first-order chi connectivity index (χ1) is 5.04. The van der Waals surface area contributed by atoms with Crippen LogP contribution in [0.1, 0.15) is 0 Å². The van der Waals surface area contributed by atoms with E-state index in [4.69, 9.17) is 5.11 Å². The second-order valence-corrected chi connectivity index (χ2v) is 3.46. The Morgan fingerprint density at radius 2 is 1.82 bits per heavy atom. The van der Waals surface area contributed by atoms with Crippen molar-refractivity contribution in [2.24, 2.45) is 0 Å². The maximum Gasteiger partial charge on any atom is 0.183 e. The summed E-state index contributed by atoms with van der Waals surface area (Å²) in [6, 6.07) is 0.975. The molecule has 0 heterocycles. The molecular formula is C6H2Br2F2O. The molecule has 1 rings (SSSR count). The summed E-state index contributed by atoms with van der Waals surface area (Å²) < 4.78 is 24.9. The average molecular weight is 288 g/mol. The second-order valence-electron chi connectivity index (χ2n) is 1.82. The van der Waals surface area contributed by atoms with E-state index >= 15 is 0 Å². The van der Waals surface area contributed by atoms with Gasteiger partial charge in [0.2, 0.25) is 0 Å². The normalized spacial score (nSPS) is 10.2. The molecule has 11 heavy (non-hydrogen) atoms. The summed E-state index contributed by atoms with van der Waals surface area (Å²) in [5.41, 5.74) is 0. The van der Waals surface area contributed by atoms with Gasteiger partial charge in [0.05, 0.1) is 8.95 Å². The van der Waals surface area contributed by atoms with Crippen LogP contribution in [0.5, 0.6) is 5.75 Å². The smallest absolute Gasteiger partial charge is 0.183 e. The highest BCUT2D eigenvalue weighted by atomic mass is 79.9. The Balaban J connectivity index is 3.46. The first kappa shape index (κ1) is 8.93. The first-order valence-corrected chi connectivity index (χ1v) is 4.14. The van der Waals surface area contributed by atoms with E-state index in [1.807, 2.05) is 0 Å². The number of phenolic OH excluding ortho intramolecular Hbond substituents is 1. The van der Waals surface area contributed by atoms with Gasteiger partial charge < -0.3 is 5.11 Å². The van der Waals surface area contributed by atoms with Crippen LogP contribution in [-0.4, -0.2) is 5.11 Å². The Hall–Kier alpha value is -0.160. The number of aromatic hydroxyl groups is 1. The second kappa shape index (κ2) is 3.06. The standard InChI is InChI=1S/C6H2Br2F2O/c7-2-1-3(9)4(8)5(10)6(2)11/h1,11H. The van der Waals surface area contributed by atoms with Gasteiger partial charge >= 0.3 is 0 Å². The Morgan fingerprint density at radius 3 is 2.36 bits per heavy atom. The first-order valence-electron chi connectivity index (χ1n) is 2.56. The molecule has 1 aromatic rings. The minimum Gasteiger partial charge on any atom is -0.504 e. The van der Waals surface area contributed by atoms with E-state index in [1.165, 1.54) is 0 Å². The van der Waals surface area contributed by atoms with E-state index in [2.05, 4.69) is 31.9 Å². The van der Waals surface area contributed by atoms with Crippen molar-refractivity contribution in [3.05, 3.63) is 26.6 Å². The molecule has 0 aliphatic heterocycles. The van der Waals surface area contributed by atoms with Crippen molar-refractivity contribution in [3.8, 4) is 5.75 Å². The molecule has 0 bridgehead atoms. The molecule has 0 amide bonds. The van der Waals surface area contributed by atoms with Gasteiger partial charge in [-0.05, 0) is 37.9 Å². The maximum atomic E-state index is 12.7. The minimum atomic E-state index is -1.00. The van der Waals surface area contributed by atoms with Crippen molar-refractivity contribution in [1.29, 1.82) is 0 Å². The summed E-state index contributed by atoms with van der Waals surface area (Å²) >= 11 is 5.41. The van der Waals surface area contributed by atoms with Gasteiger partial charge in [-0.3, -0.25) is 0 Å². The van der Waals surface area contributed by atoms with E-state index in [9.17, 15) is 8.78 Å². The van der Waals surface area contributed by atoms with Crippen LogP contribution in [0.3, 0.4) is 0 Å². The lowest BCUT2D eigenvalue weighted by Crippen LogP contribution is -1.85. The molecule has 0 aliphatic rings. The van der Waals surface area contributed by atoms with Crippen molar-refractivity contribution >= 4 is 31.9 Å². The van der Waals surface area contributed by atoms with Crippen LogP contribution in [0.15, 0.2) is 15.0 Å². The number of hydrogen-bond donors (Lipinski definition) is 1. The van der Waals surface area contributed by atoms with E-state index < -0.39 is 17.4 Å². The number of rotatable bonds is 0. The lowest BCUT2D eigenvalue weighted by Gasteiger charge is -2.01. The predicted octanol–water partition coefficient (Wildman–Crippen LogP) is 3.20. The monoisotopic (exact) mass is 286 g/mol. The Kier molecular flexibility index (Phi) is 2.49. The van der Waals surface area contributed by atoms with E-state index in [0.29, 0.717) is 0 Å². The number of hydrogen-bond acceptors (Lipinski definition) is 1.